The fourth-order valence-electron chi connectivity index (χ4n) is 3.86. The van der Waals surface area contributed by atoms with Crippen LogP contribution in [0.2, 0.25) is 0 Å². The van der Waals surface area contributed by atoms with Gasteiger partial charge in [-0.15, -0.1) is 0 Å². The van der Waals surface area contributed by atoms with E-state index in [1.54, 1.807) is 7.11 Å². The van der Waals surface area contributed by atoms with Crippen LogP contribution in [0.25, 0.3) is 11.1 Å². The number of hydrogen-bond acceptors (Lipinski definition) is 5. The van der Waals surface area contributed by atoms with Crippen LogP contribution in [0, 0.1) is 0 Å². The maximum atomic E-state index is 13.1. The molecule has 2 aliphatic rings. The smallest absolute Gasteiger partial charge is 0.231 e. The minimum atomic E-state index is -0.405. The van der Waals surface area contributed by atoms with Gasteiger partial charge in [0.2, 0.25) is 6.79 Å². The van der Waals surface area contributed by atoms with Gasteiger partial charge in [-0.3, -0.25) is 9.78 Å². The summed E-state index contributed by atoms with van der Waals surface area (Å²) in [4.78, 5) is 17.6. The number of Topliss-reactive ketones (excluding diaryl/α,β-unsaturated/α-hetero) is 1. The second-order valence-corrected chi connectivity index (χ2v) is 7.52. The topological polar surface area (TPSA) is 57.7 Å². The number of carbonyl (C=O) groups excluding carboxylic acids is 1. The number of rotatable bonds is 6. The van der Waals surface area contributed by atoms with Gasteiger partial charge >= 0.3 is 0 Å². The van der Waals surface area contributed by atoms with Crippen LogP contribution in [-0.4, -0.2) is 24.7 Å². The Labute approximate surface area is 169 Å². The van der Waals surface area contributed by atoms with Crippen LogP contribution in [0.15, 0.2) is 60.8 Å². The van der Waals surface area contributed by atoms with E-state index in [1.807, 2.05) is 60.8 Å². The van der Waals surface area contributed by atoms with Crippen molar-refractivity contribution in [3.63, 3.8) is 0 Å². The van der Waals surface area contributed by atoms with Crippen molar-refractivity contribution in [2.24, 2.45) is 0 Å². The molecular weight excluding hydrogens is 366 g/mol. The van der Waals surface area contributed by atoms with Crippen LogP contribution in [-0.2, 0) is 16.6 Å². The minimum absolute atomic E-state index is 0.209. The van der Waals surface area contributed by atoms with Crippen molar-refractivity contribution in [2.45, 2.75) is 24.7 Å². The number of ether oxygens (including phenoxy) is 3. The number of ketones is 1. The summed E-state index contributed by atoms with van der Waals surface area (Å²) in [6, 6.07) is 17.6. The summed E-state index contributed by atoms with van der Waals surface area (Å²) >= 11 is 0. The van der Waals surface area contributed by atoms with E-state index in [4.69, 9.17) is 14.2 Å². The Kier molecular flexibility index (Phi) is 4.23. The molecule has 1 fully saturated rings. The molecule has 0 unspecified atom stereocenters. The molecule has 0 atom stereocenters. The minimum Gasteiger partial charge on any atom is -0.497 e. The van der Waals surface area contributed by atoms with E-state index >= 15 is 0 Å². The molecule has 5 heteroatoms. The number of methoxy groups -OCH3 is 1. The summed E-state index contributed by atoms with van der Waals surface area (Å²) in [6.45, 7) is 0.240. The van der Waals surface area contributed by atoms with Crippen molar-refractivity contribution >= 4 is 5.78 Å². The Bertz CT molecular complexity index is 1050. The summed E-state index contributed by atoms with van der Waals surface area (Å²) in [5.41, 5.74) is 3.48. The highest BCUT2D eigenvalue weighted by Gasteiger charge is 2.50. The molecule has 0 N–H and O–H groups in total. The average Bonchev–Trinajstić information content (AvgIpc) is 3.45. The lowest BCUT2D eigenvalue weighted by Gasteiger charge is -2.15. The summed E-state index contributed by atoms with van der Waals surface area (Å²) in [6.07, 6.45) is 3.90. The molecule has 29 heavy (non-hydrogen) atoms. The molecule has 2 aromatic carbocycles. The van der Waals surface area contributed by atoms with Crippen molar-refractivity contribution in [1.29, 1.82) is 0 Å². The van der Waals surface area contributed by atoms with Gasteiger partial charge in [0.05, 0.1) is 12.5 Å². The predicted molar refractivity (Wildman–Crippen MR) is 108 cm³/mol. The number of nitrogens with zero attached hydrogens (tertiary/aromatic N) is 1. The van der Waals surface area contributed by atoms with Gasteiger partial charge in [-0.25, -0.2) is 0 Å². The zero-order valence-corrected chi connectivity index (χ0v) is 16.2. The predicted octanol–water partition coefficient (Wildman–Crippen LogP) is 4.33. The lowest BCUT2D eigenvalue weighted by Crippen LogP contribution is -2.22. The van der Waals surface area contributed by atoms with Gasteiger partial charge in [0, 0.05) is 23.9 Å². The molecule has 0 amide bonds. The summed E-state index contributed by atoms with van der Waals surface area (Å²) < 4.78 is 16.1. The Hall–Kier alpha value is -3.34. The monoisotopic (exact) mass is 387 g/mol. The fraction of sp³-hybridized carbons (Fsp3) is 0.250. The third-order valence-electron chi connectivity index (χ3n) is 5.80. The van der Waals surface area contributed by atoms with E-state index in [9.17, 15) is 4.79 Å². The Balaban J connectivity index is 1.31. The zero-order valence-electron chi connectivity index (χ0n) is 16.2. The molecule has 1 saturated carbocycles. The molecule has 0 spiro atoms. The van der Waals surface area contributed by atoms with Gasteiger partial charge in [0.25, 0.3) is 0 Å². The number of hydrogen-bond donors (Lipinski definition) is 0. The van der Waals surface area contributed by atoms with E-state index in [1.165, 1.54) is 0 Å². The van der Waals surface area contributed by atoms with Crippen LogP contribution in [0.3, 0.4) is 0 Å². The van der Waals surface area contributed by atoms with Gasteiger partial charge in [-0.05, 0) is 54.3 Å². The molecule has 3 aromatic rings. The second kappa shape index (κ2) is 6.92. The average molecular weight is 387 g/mol. The Morgan fingerprint density at radius 1 is 1.00 bits per heavy atom. The molecule has 5 rings (SSSR count). The zero-order chi connectivity index (χ0) is 19.8. The molecule has 1 aromatic heterocycles. The first-order valence-corrected chi connectivity index (χ1v) is 9.71. The van der Waals surface area contributed by atoms with Crippen LogP contribution in [0.5, 0.6) is 17.2 Å². The third-order valence-corrected chi connectivity index (χ3v) is 5.80. The van der Waals surface area contributed by atoms with Crippen LogP contribution in [0.1, 0.15) is 24.1 Å². The van der Waals surface area contributed by atoms with Crippen LogP contribution < -0.4 is 14.2 Å². The quantitative estimate of drug-likeness (QED) is 0.630. The highest BCUT2D eigenvalue weighted by Crippen LogP contribution is 2.51. The normalized spacial score (nSPS) is 15.8. The number of pyridine rings is 1. The fourth-order valence-corrected chi connectivity index (χ4v) is 3.86. The van der Waals surface area contributed by atoms with E-state index in [0.717, 1.165) is 52.5 Å². The van der Waals surface area contributed by atoms with Gasteiger partial charge < -0.3 is 14.2 Å². The van der Waals surface area contributed by atoms with Crippen LogP contribution >= 0.6 is 0 Å². The standard InChI is InChI=1S/C24H21NO4/c1-27-20-7-3-16(4-8-20)17-2-6-19(25-14-17)13-23(26)24(10-11-24)18-5-9-21-22(12-18)29-15-28-21/h2-9,12,14H,10-11,13,15H2,1H3. The Morgan fingerprint density at radius 2 is 1.76 bits per heavy atom. The molecular formula is C24H21NO4. The van der Waals surface area contributed by atoms with Gasteiger partial charge in [0.15, 0.2) is 11.5 Å². The molecule has 0 saturated heterocycles. The van der Waals surface area contributed by atoms with E-state index < -0.39 is 5.41 Å². The molecule has 5 nitrogen and oxygen atoms in total. The second-order valence-electron chi connectivity index (χ2n) is 7.52. The Morgan fingerprint density at radius 3 is 2.45 bits per heavy atom. The van der Waals surface area contributed by atoms with Crippen molar-refractivity contribution in [3.05, 3.63) is 72.1 Å². The van der Waals surface area contributed by atoms with Crippen molar-refractivity contribution in [3.8, 4) is 28.4 Å². The first-order chi connectivity index (χ1) is 14.2. The molecule has 146 valence electrons. The van der Waals surface area contributed by atoms with Gasteiger partial charge in [0.1, 0.15) is 11.5 Å². The summed E-state index contributed by atoms with van der Waals surface area (Å²) in [5, 5.41) is 0. The van der Waals surface area contributed by atoms with E-state index in [-0.39, 0.29) is 12.6 Å². The van der Waals surface area contributed by atoms with E-state index in [2.05, 4.69) is 4.98 Å². The molecule has 1 aliphatic carbocycles. The number of carbonyl (C=O) groups is 1. The highest BCUT2D eigenvalue weighted by atomic mass is 16.7. The van der Waals surface area contributed by atoms with E-state index in [0.29, 0.717) is 6.42 Å². The van der Waals surface area contributed by atoms with Crippen LogP contribution in [0.4, 0.5) is 0 Å². The van der Waals surface area contributed by atoms with Gasteiger partial charge in [-0.2, -0.15) is 0 Å². The molecule has 1 aliphatic heterocycles. The maximum Gasteiger partial charge on any atom is 0.231 e. The highest BCUT2D eigenvalue weighted by molar-refractivity contribution is 5.94. The van der Waals surface area contributed by atoms with Gasteiger partial charge in [-0.1, -0.05) is 24.3 Å². The largest absolute Gasteiger partial charge is 0.497 e. The number of aromatic nitrogens is 1. The third kappa shape index (κ3) is 3.23. The van der Waals surface area contributed by atoms with Crippen molar-refractivity contribution < 1.29 is 19.0 Å². The lowest BCUT2D eigenvalue weighted by molar-refractivity contribution is -0.120. The first kappa shape index (κ1) is 17.7. The maximum absolute atomic E-state index is 13.1. The summed E-state index contributed by atoms with van der Waals surface area (Å²) in [5.74, 6) is 2.50. The number of benzene rings is 2. The van der Waals surface area contributed by atoms with Crippen molar-refractivity contribution in [1.82, 2.24) is 4.98 Å². The molecule has 0 bridgehead atoms. The van der Waals surface area contributed by atoms with Crippen molar-refractivity contribution in [2.75, 3.05) is 13.9 Å². The molecule has 0 radical (unpaired) electrons. The SMILES string of the molecule is COc1ccc(-c2ccc(CC(=O)C3(c4ccc5c(c4)OCO5)CC3)nc2)cc1. The first-order valence-electron chi connectivity index (χ1n) is 9.71. The molecule has 2 heterocycles. The number of fused-ring (bicyclic) bond motifs is 1. The lowest BCUT2D eigenvalue weighted by atomic mass is 9.88. The summed E-state index contributed by atoms with van der Waals surface area (Å²) in [7, 11) is 1.65.